The average Bonchev–Trinajstić information content (AvgIpc) is 3.16. The van der Waals surface area contributed by atoms with Crippen molar-refractivity contribution in [1.29, 1.82) is 5.41 Å². The number of rotatable bonds is 6. The van der Waals surface area contributed by atoms with E-state index in [2.05, 4.69) is 25.9 Å². The molecule has 0 radical (unpaired) electrons. The van der Waals surface area contributed by atoms with Crippen LogP contribution in [0.15, 0.2) is 53.1 Å². The molecule has 0 aliphatic rings. The van der Waals surface area contributed by atoms with Crippen LogP contribution in [0.4, 0.5) is 5.69 Å². The number of hydrogen-bond donors (Lipinski definition) is 4. The van der Waals surface area contributed by atoms with Crippen molar-refractivity contribution in [3.63, 3.8) is 0 Å². The third-order valence-corrected chi connectivity index (χ3v) is 4.89. The van der Waals surface area contributed by atoms with Gasteiger partial charge >= 0.3 is 5.97 Å². The summed E-state index contributed by atoms with van der Waals surface area (Å²) in [6.45, 7) is 0.897. The monoisotopic (exact) mass is 455 g/mol. The van der Waals surface area contributed by atoms with E-state index in [9.17, 15) is 9.59 Å². The second-order valence-corrected chi connectivity index (χ2v) is 7.14. The van der Waals surface area contributed by atoms with Crippen molar-refractivity contribution in [2.24, 2.45) is 5.73 Å². The summed E-state index contributed by atoms with van der Waals surface area (Å²) in [5.41, 5.74) is 8.95. The number of nitrogens with two attached hydrogens (primary N) is 1. The van der Waals surface area contributed by atoms with Crippen LogP contribution in [0.3, 0.4) is 0 Å². The fourth-order valence-corrected chi connectivity index (χ4v) is 3.41. The molecule has 3 rings (SSSR count). The summed E-state index contributed by atoms with van der Waals surface area (Å²) in [6, 6.07) is 12.4. The summed E-state index contributed by atoms with van der Waals surface area (Å²) in [4.78, 5) is 31.7. The molecule has 1 heterocycles. The normalized spacial score (nSPS) is 10.6. The highest BCUT2D eigenvalue weighted by atomic mass is 79.9. The van der Waals surface area contributed by atoms with E-state index in [0.29, 0.717) is 21.5 Å². The van der Waals surface area contributed by atoms with Crippen molar-refractivity contribution in [2.75, 3.05) is 11.4 Å². The third-order valence-electron chi connectivity index (χ3n) is 4.25. The number of halogens is 1. The highest BCUT2D eigenvalue weighted by molar-refractivity contribution is 9.10. The minimum absolute atomic E-state index is 0.00621. The summed E-state index contributed by atoms with van der Waals surface area (Å²) in [5, 5.41) is 16.5. The van der Waals surface area contributed by atoms with Gasteiger partial charge in [-0.25, -0.2) is 4.98 Å². The molecule has 0 unspecified atom stereocenters. The maximum Gasteiger partial charge on any atom is 0.323 e. The lowest BCUT2D eigenvalue weighted by Crippen LogP contribution is -2.34. The van der Waals surface area contributed by atoms with Crippen molar-refractivity contribution >= 4 is 39.3 Å². The van der Waals surface area contributed by atoms with Gasteiger partial charge in [-0.2, -0.15) is 0 Å². The lowest BCUT2D eigenvalue weighted by atomic mass is 10.1. The van der Waals surface area contributed by atoms with E-state index < -0.39 is 12.5 Å². The Labute approximate surface area is 175 Å². The summed E-state index contributed by atoms with van der Waals surface area (Å²) < 4.78 is 0.579. The molecule has 3 aromatic rings. The third kappa shape index (κ3) is 4.52. The second-order valence-electron chi connectivity index (χ2n) is 6.29. The number of amidine groups is 1. The van der Waals surface area contributed by atoms with Crippen LogP contribution in [0.2, 0.25) is 0 Å². The van der Waals surface area contributed by atoms with Crippen molar-refractivity contribution < 1.29 is 14.7 Å². The number of imidazole rings is 1. The summed E-state index contributed by atoms with van der Waals surface area (Å²) in [6.07, 6.45) is 1.77. The summed E-state index contributed by atoms with van der Waals surface area (Å²) >= 11 is 3.42. The smallest absolute Gasteiger partial charge is 0.323 e. The number of aromatic nitrogens is 2. The van der Waals surface area contributed by atoms with Crippen LogP contribution in [-0.4, -0.2) is 39.3 Å². The molecule has 0 atom stereocenters. The first-order valence-electron chi connectivity index (χ1n) is 8.56. The van der Waals surface area contributed by atoms with Gasteiger partial charge < -0.3 is 20.7 Å². The SMILES string of the molecule is CC(=O)N(CC(=O)O)c1ccc(-c2nc(-c3ccc(C(=N)N)cc3)c[nH]2)cc1Br. The molecule has 1 amide bonds. The topological polar surface area (TPSA) is 136 Å². The molecule has 0 fully saturated rings. The minimum Gasteiger partial charge on any atom is -0.480 e. The number of amides is 1. The number of carbonyl (C=O) groups is 2. The zero-order chi connectivity index (χ0) is 21.1. The van der Waals surface area contributed by atoms with E-state index in [0.717, 1.165) is 16.8 Å². The van der Waals surface area contributed by atoms with Crippen LogP contribution in [0.25, 0.3) is 22.6 Å². The zero-order valence-corrected chi connectivity index (χ0v) is 17.0. The van der Waals surface area contributed by atoms with Crippen molar-refractivity contribution in [2.45, 2.75) is 6.92 Å². The van der Waals surface area contributed by atoms with Crippen LogP contribution >= 0.6 is 15.9 Å². The van der Waals surface area contributed by atoms with Gasteiger partial charge in [0.15, 0.2) is 0 Å². The van der Waals surface area contributed by atoms with Gasteiger partial charge in [-0.05, 0) is 34.1 Å². The number of H-pyrrole nitrogens is 1. The number of nitrogen functional groups attached to an aromatic ring is 1. The number of carboxylic acids is 1. The standard InChI is InChI=1S/C20H18BrN5O3/c1-11(27)26(10-18(28)29)17-7-6-14(8-15(17)21)20-24-9-16(25-20)12-2-4-13(5-3-12)19(22)23/h2-9H,10H2,1H3,(H3,22,23)(H,24,25)(H,28,29). The number of carbonyl (C=O) groups excluding carboxylic acids is 1. The number of hydrogen-bond acceptors (Lipinski definition) is 4. The van der Waals surface area contributed by atoms with Crippen LogP contribution in [0.5, 0.6) is 0 Å². The molecule has 29 heavy (non-hydrogen) atoms. The van der Waals surface area contributed by atoms with E-state index >= 15 is 0 Å². The Morgan fingerprint density at radius 2 is 1.86 bits per heavy atom. The predicted molar refractivity (Wildman–Crippen MR) is 114 cm³/mol. The van der Waals surface area contributed by atoms with Gasteiger partial charge in [0.25, 0.3) is 0 Å². The van der Waals surface area contributed by atoms with E-state index in [-0.39, 0.29) is 11.7 Å². The van der Waals surface area contributed by atoms with Crippen LogP contribution < -0.4 is 10.6 Å². The highest BCUT2D eigenvalue weighted by Crippen LogP contribution is 2.31. The van der Waals surface area contributed by atoms with Crippen LogP contribution in [0.1, 0.15) is 12.5 Å². The van der Waals surface area contributed by atoms with Crippen molar-refractivity contribution in [1.82, 2.24) is 9.97 Å². The van der Waals surface area contributed by atoms with E-state index in [1.54, 1.807) is 36.5 Å². The molecule has 5 N–H and O–H groups in total. The van der Waals surface area contributed by atoms with Gasteiger partial charge in [-0.3, -0.25) is 15.0 Å². The summed E-state index contributed by atoms with van der Waals surface area (Å²) in [7, 11) is 0. The fraction of sp³-hybridized carbons (Fsp3) is 0.100. The quantitative estimate of drug-likeness (QED) is 0.334. The number of carboxylic acid groups (broad SMARTS) is 1. The van der Waals surface area contributed by atoms with Crippen LogP contribution in [0, 0.1) is 5.41 Å². The Hall–Kier alpha value is -3.46. The van der Waals surface area contributed by atoms with Gasteiger partial charge in [0.2, 0.25) is 5.91 Å². The van der Waals surface area contributed by atoms with Gasteiger partial charge in [0.05, 0.1) is 11.4 Å². The second kappa shape index (κ2) is 8.27. The molecule has 1 aromatic heterocycles. The van der Waals surface area contributed by atoms with Gasteiger partial charge in [0.1, 0.15) is 18.2 Å². The number of nitrogens with one attached hydrogen (secondary N) is 2. The van der Waals surface area contributed by atoms with Gasteiger partial charge in [-0.15, -0.1) is 0 Å². The first kappa shape index (κ1) is 20.3. The molecule has 0 spiro atoms. The molecule has 9 heteroatoms. The lowest BCUT2D eigenvalue weighted by molar-refractivity contribution is -0.136. The Morgan fingerprint density at radius 3 is 2.41 bits per heavy atom. The van der Waals surface area contributed by atoms with Gasteiger partial charge in [-0.1, -0.05) is 24.3 Å². The molecular weight excluding hydrogens is 438 g/mol. The molecule has 148 valence electrons. The maximum atomic E-state index is 11.8. The zero-order valence-electron chi connectivity index (χ0n) is 15.4. The van der Waals surface area contributed by atoms with E-state index in [1.807, 2.05) is 12.1 Å². The number of aromatic amines is 1. The highest BCUT2D eigenvalue weighted by Gasteiger charge is 2.18. The molecule has 0 aliphatic carbocycles. The number of aliphatic carboxylic acids is 1. The Morgan fingerprint density at radius 1 is 1.21 bits per heavy atom. The average molecular weight is 456 g/mol. The maximum absolute atomic E-state index is 11.8. The molecule has 2 aromatic carbocycles. The molecule has 0 saturated carbocycles. The lowest BCUT2D eigenvalue weighted by Gasteiger charge is -2.20. The first-order chi connectivity index (χ1) is 13.8. The Balaban J connectivity index is 1.88. The molecule has 0 bridgehead atoms. The molecular formula is C20H18BrN5O3. The first-order valence-corrected chi connectivity index (χ1v) is 9.35. The molecule has 0 aliphatic heterocycles. The Bertz CT molecular complexity index is 1090. The predicted octanol–water partition coefficient (Wildman–Crippen LogP) is 3.23. The largest absolute Gasteiger partial charge is 0.480 e. The molecule has 0 saturated heterocycles. The Kier molecular flexibility index (Phi) is 5.79. The minimum atomic E-state index is -1.09. The van der Waals surface area contributed by atoms with E-state index in [4.69, 9.17) is 16.2 Å². The number of benzene rings is 2. The van der Waals surface area contributed by atoms with Crippen molar-refractivity contribution in [3.05, 3.63) is 58.7 Å². The fourth-order valence-electron chi connectivity index (χ4n) is 2.81. The van der Waals surface area contributed by atoms with E-state index in [1.165, 1.54) is 11.8 Å². The summed E-state index contributed by atoms with van der Waals surface area (Å²) in [5.74, 6) is -0.833. The van der Waals surface area contributed by atoms with Crippen LogP contribution in [-0.2, 0) is 9.59 Å². The molecule has 8 nitrogen and oxygen atoms in total. The van der Waals surface area contributed by atoms with Crippen molar-refractivity contribution in [3.8, 4) is 22.6 Å². The van der Waals surface area contributed by atoms with Gasteiger partial charge in [0, 0.05) is 34.3 Å². The number of anilines is 1. The number of nitrogens with zero attached hydrogens (tertiary/aromatic N) is 2.